The number of nitrogens with one attached hydrogen (secondary N) is 1. The van der Waals surface area contributed by atoms with E-state index in [2.05, 4.69) is 17.1 Å². The first kappa shape index (κ1) is 12.8. The van der Waals surface area contributed by atoms with Gasteiger partial charge in [0.1, 0.15) is 0 Å². The van der Waals surface area contributed by atoms with Gasteiger partial charge < -0.3 is 11.1 Å². The quantitative estimate of drug-likeness (QED) is 0.748. The first-order chi connectivity index (χ1) is 8.20. The SMILES string of the molecule is CC1CCCC(CN)N1CCC(=O)NC1CC1. The zero-order chi connectivity index (χ0) is 12.3. The summed E-state index contributed by atoms with van der Waals surface area (Å²) < 4.78 is 0. The first-order valence-electron chi connectivity index (χ1n) is 6.96. The molecule has 2 unspecified atom stereocenters. The van der Waals surface area contributed by atoms with Gasteiger partial charge in [-0.25, -0.2) is 0 Å². The number of likely N-dealkylation sites (tertiary alicyclic amines) is 1. The highest BCUT2D eigenvalue weighted by atomic mass is 16.1. The van der Waals surface area contributed by atoms with Crippen LogP contribution in [0.4, 0.5) is 0 Å². The van der Waals surface area contributed by atoms with Gasteiger partial charge in [-0.15, -0.1) is 0 Å². The van der Waals surface area contributed by atoms with Gasteiger partial charge in [0, 0.05) is 37.6 Å². The van der Waals surface area contributed by atoms with Crippen LogP contribution in [0, 0.1) is 0 Å². The number of nitrogens with two attached hydrogens (primary N) is 1. The lowest BCUT2D eigenvalue weighted by Crippen LogP contribution is -2.49. The van der Waals surface area contributed by atoms with Gasteiger partial charge in [0.2, 0.25) is 5.91 Å². The summed E-state index contributed by atoms with van der Waals surface area (Å²) in [5.41, 5.74) is 5.81. The minimum absolute atomic E-state index is 0.209. The van der Waals surface area contributed by atoms with Crippen molar-refractivity contribution in [1.82, 2.24) is 10.2 Å². The minimum Gasteiger partial charge on any atom is -0.353 e. The average Bonchev–Trinajstić information content (AvgIpc) is 3.11. The van der Waals surface area contributed by atoms with Gasteiger partial charge in [-0.3, -0.25) is 9.69 Å². The summed E-state index contributed by atoms with van der Waals surface area (Å²) in [5.74, 6) is 0.209. The van der Waals surface area contributed by atoms with E-state index in [0.717, 1.165) is 19.4 Å². The fraction of sp³-hybridized carbons (Fsp3) is 0.923. The van der Waals surface area contributed by atoms with Crippen molar-refractivity contribution in [3.63, 3.8) is 0 Å². The zero-order valence-corrected chi connectivity index (χ0v) is 10.8. The van der Waals surface area contributed by atoms with Crippen LogP contribution in [0.15, 0.2) is 0 Å². The summed E-state index contributed by atoms with van der Waals surface area (Å²) in [5, 5.41) is 3.04. The van der Waals surface area contributed by atoms with Crippen LogP contribution in [-0.4, -0.2) is 42.0 Å². The van der Waals surface area contributed by atoms with E-state index in [4.69, 9.17) is 5.73 Å². The molecule has 0 aromatic heterocycles. The molecule has 2 aliphatic rings. The molecule has 1 aliphatic carbocycles. The molecule has 17 heavy (non-hydrogen) atoms. The maximum absolute atomic E-state index is 11.7. The summed E-state index contributed by atoms with van der Waals surface area (Å²) in [4.78, 5) is 14.1. The van der Waals surface area contributed by atoms with Gasteiger partial charge in [0.25, 0.3) is 0 Å². The molecule has 4 nitrogen and oxygen atoms in total. The number of rotatable bonds is 5. The Morgan fingerprint density at radius 1 is 1.35 bits per heavy atom. The molecule has 0 aromatic rings. The van der Waals surface area contributed by atoms with E-state index in [0.29, 0.717) is 31.1 Å². The predicted molar refractivity (Wildman–Crippen MR) is 68.6 cm³/mol. The van der Waals surface area contributed by atoms with Crippen LogP contribution in [-0.2, 0) is 4.79 Å². The van der Waals surface area contributed by atoms with E-state index >= 15 is 0 Å². The molecule has 0 spiro atoms. The summed E-state index contributed by atoms with van der Waals surface area (Å²) >= 11 is 0. The van der Waals surface area contributed by atoms with Crippen molar-refractivity contribution < 1.29 is 4.79 Å². The lowest BCUT2D eigenvalue weighted by molar-refractivity contribution is -0.121. The van der Waals surface area contributed by atoms with E-state index in [1.807, 2.05) is 0 Å². The lowest BCUT2D eigenvalue weighted by Gasteiger charge is -2.40. The number of hydrogen-bond acceptors (Lipinski definition) is 3. The average molecular weight is 239 g/mol. The standard InChI is InChI=1S/C13H25N3O/c1-10-3-2-4-12(9-14)16(10)8-7-13(17)15-11-5-6-11/h10-12H,2-9,14H2,1H3,(H,15,17). The number of amides is 1. The van der Waals surface area contributed by atoms with Gasteiger partial charge in [0.15, 0.2) is 0 Å². The fourth-order valence-electron chi connectivity index (χ4n) is 2.75. The zero-order valence-electron chi connectivity index (χ0n) is 10.8. The molecule has 98 valence electrons. The molecule has 2 atom stereocenters. The Morgan fingerprint density at radius 3 is 2.76 bits per heavy atom. The number of piperidine rings is 1. The highest BCUT2D eigenvalue weighted by Gasteiger charge is 2.28. The highest BCUT2D eigenvalue weighted by Crippen LogP contribution is 2.22. The Labute approximate surface area is 104 Å². The third kappa shape index (κ3) is 3.68. The van der Waals surface area contributed by atoms with E-state index in [1.54, 1.807) is 0 Å². The minimum atomic E-state index is 0.209. The number of carbonyl (C=O) groups is 1. The normalized spacial score (nSPS) is 30.2. The molecule has 0 radical (unpaired) electrons. The third-order valence-corrected chi connectivity index (χ3v) is 4.01. The molecule has 1 saturated heterocycles. The second-order valence-electron chi connectivity index (χ2n) is 5.50. The second kappa shape index (κ2) is 5.83. The Hall–Kier alpha value is -0.610. The van der Waals surface area contributed by atoms with Gasteiger partial charge >= 0.3 is 0 Å². The summed E-state index contributed by atoms with van der Waals surface area (Å²) in [7, 11) is 0. The van der Waals surface area contributed by atoms with E-state index in [-0.39, 0.29) is 5.91 Å². The molecular weight excluding hydrogens is 214 g/mol. The lowest BCUT2D eigenvalue weighted by atomic mass is 9.96. The van der Waals surface area contributed by atoms with Crippen LogP contribution < -0.4 is 11.1 Å². The van der Waals surface area contributed by atoms with Crippen LogP contribution in [0.25, 0.3) is 0 Å². The summed E-state index contributed by atoms with van der Waals surface area (Å²) in [6.45, 7) is 3.83. The summed E-state index contributed by atoms with van der Waals surface area (Å²) in [6.07, 6.45) is 6.64. The van der Waals surface area contributed by atoms with Crippen molar-refractivity contribution in [3.05, 3.63) is 0 Å². The molecule has 1 aliphatic heterocycles. The molecule has 1 saturated carbocycles. The van der Waals surface area contributed by atoms with Crippen molar-refractivity contribution in [3.8, 4) is 0 Å². The number of hydrogen-bond donors (Lipinski definition) is 2. The maximum Gasteiger partial charge on any atom is 0.221 e. The van der Waals surface area contributed by atoms with Crippen LogP contribution in [0.1, 0.15) is 45.4 Å². The summed E-state index contributed by atoms with van der Waals surface area (Å²) in [6, 6.07) is 1.53. The molecule has 1 amide bonds. The van der Waals surface area contributed by atoms with Gasteiger partial charge in [-0.05, 0) is 32.6 Å². The predicted octanol–water partition coefficient (Wildman–Crippen LogP) is 0.857. The number of carbonyl (C=O) groups excluding carboxylic acids is 1. The number of nitrogens with zero attached hydrogens (tertiary/aromatic N) is 1. The second-order valence-corrected chi connectivity index (χ2v) is 5.50. The van der Waals surface area contributed by atoms with E-state index in [9.17, 15) is 4.79 Å². The Morgan fingerprint density at radius 2 is 2.12 bits per heavy atom. The Bertz CT molecular complexity index is 265. The van der Waals surface area contributed by atoms with E-state index < -0.39 is 0 Å². The van der Waals surface area contributed by atoms with Crippen molar-refractivity contribution in [2.45, 2.75) is 63.6 Å². The largest absolute Gasteiger partial charge is 0.353 e. The van der Waals surface area contributed by atoms with Gasteiger partial charge in [0.05, 0.1) is 0 Å². The maximum atomic E-state index is 11.7. The van der Waals surface area contributed by atoms with Crippen molar-refractivity contribution in [1.29, 1.82) is 0 Å². The smallest absolute Gasteiger partial charge is 0.221 e. The van der Waals surface area contributed by atoms with E-state index in [1.165, 1.54) is 19.3 Å². The van der Waals surface area contributed by atoms with Gasteiger partial charge in [-0.1, -0.05) is 6.42 Å². The van der Waals surface area contributed by atoms with Crippen LogP contribution in [0.2, 0.25) is 0 Å². The topological polar surface area (TPSA) is 58.4 Å². The highest BCUT2D eigenvalue weighted by molar-refractivity contribution is 5.76. The molecule has 2 fully saturated rings. The Kier molecular flexibility index (Phi) is 4.40. The van der Waals surface area contributed by atoms with Crippen LogP contribution in [0.5, 0.6) is 0 Å². The molecule has 2 rings (SSSR count). The molecular formula is C13H25N3O. The van der Waals surface area contributed by atoms with Crippen LogP contribution in [0.3, 0.4) is 0 Å². The van der Waals surface area contributed by atoms with Gasteiger partial charge in [-0.2, -0.15) is 0 Å². The fourth-order valence-corrected chi connectivity index (χ4v) is 2.75. The van der Waals surface area contributed by atoms with Crippen molar-refractivity contribution in [2.24, 2.45) is 5.73 Å². The molecule has 1 heterocycles. The molecule has 4 heteroatoms. The van der Waals surface area contributed by atoms with Crippen molar-refractivity contribution >= 4 is 5.91 Å². The molecule has 3 N–H and O–H groups in total. The van der Waals surface area contributed by atoms with Crippen LogP contribution >= 0.6 is 0 Å². The monoisotopic (exact) mass is 239 g/mol. The Balaban J connectivity index is 1.75. The molecule has 0 aromatic carbocycles. The first-order valence-corrected chi connectivity index (χ1v) is 6.96. The van der Waals surface area contributed by atoms with Crippen molar-refractivity contribution in [2.75, 3.05) is 13.1 Å². The third-order valence-electron chi connectivity index (χ3n) is 4.01. The molecule has 0 bridgehead atoms.